The van der Waals surface area contributed by atoms with Gasteiger partial charge in [0, 0.05) is 6.20 Å². The fourth-order valence-corrected chi connectivity index (χ4v) is 1.61. The molecule has 0 spiro atoms. The fraction of sp³-hybridized carbons (Fsp3) is 0.167. The highest BCUT2D eigenvalue weighted by Gasteiger charge is 2.03. The van der Waals surface area contributed by atoms with E-state index in [-0.39, 0.29) is 5.69 Å². The topological polar surface area (TPSA) is 90.1 Å². The van der Waals surface area contributed by atoms with Crippen molar-refractivity contribution in [2.45, 2.75) is 6.54 Å². The zero-order valence-corrected chi connectivity index (χ0v) is 9.84. The Morgan fingerprint density at radius 3 is 2.89 bits per heavy atom. The number of nitrogens with two attached hydrogens (primary N) is 1. The molecule has 1 heterocycles. The van der Waals surface area contributed by atoms with Crippen LogP contribution in [0.3, 0.4) is 0 Å². The van der Waals surface area contributed by atoms with E-state index in [1.54, 1.807) is 7.11 Å². The average molecular weight is 247 g/mol. The number of rotatable bonds is 3. The summed E-state index contributed by atoms with van der Waals surface area (Å²) < 4.78 is 6.43. The SMILES string of the molecule is COc1cccc(Cn2cc(N)c(=O)[nH]c2=O)c1. The number of nitrogens with zero attached hydrogens (tertiary/aromatic N) is 1. The van der Waals surface area contributed by atoms with Crippen LogP contribution in [0.25, 0.3) is 0 Å². The van der Waals surface area contributed by atoms with Gasteiger partial charge >= 0.3 is 5.69 Å². The van der Waals surface area contributed by atoms with Crippen LogP contribution in [0.1, 0.15) is 5.56 Å². The number of hydrogen-bond acceptors (Lipinski definition) is 4. The van der Waals surface area contributed by atoms with Crippen molar-refractivity contribution in [2.75, 3.05) is 12.8 Å². The summed E-state index contributed by atoms with van der Waals surface area (Å²) in [6, 6.07) is 7.31. The Morgan fingerprint density at radius 1 is 1.39 bits per heavy atom. The van der Waals surface area contributed by atoms with E-state index in [0.29, 0.717) is 12.3 Å². The predicted molar refractivity (Wildman–Crippen MR) is 67.8 cm³/mol. The van der Waals surface area contributed by atoms with Gasteiger partial charge in [0.2, 0.25) is 0 Å². The summed E-state index contributed by atoms with van der Waals surface area (Å²) in [4.78, 5) is 24.9. The van der Waals surface area contributed by atoms with Crippen molar-refractivity contribution in [1.82, 2.24) is 9.55 Å². The highest BCUT2D eigenvalue weighted by atomic mass is 16.5. The number of nitrogen functional groups attached to an aromatic ring is 1. The second-order valence-electron chi connectivity index (χ2n) is 3.82. The molecule has 94 valence electrons. The van der Waals surface area contributed by atoms with Crippen LogP contribution in [0.2, 0.25) is 0 Å². The Labute approximate surface area is 103 Å². The van der Waals surface area contributed by atoms with E-state index in [0.717, 1.165) is 5.56 Å². The zero-order chi connectivity index (χ0) is 13.1. The van der Waals surface area contributed by atoms with Crippen LogP contribution < -0.4 is 21.7 Å². The van der Waals surface area contributed by atoms with E-state index >= 15 is 0 Å². The molecule has 0 aliphatic carbocycles. The van der Waals surface area contributed by atoms with Gasteiger partial charge in [0.05, 0.1) is 13.7 Å². The van der Waals surface area contributed by atoms with Crippen molar-refractivity contribution >= 4 is 5.69 Å². The number of nitrogens with one attached hydrogen (secondary N) is 1. The molecule has 6 nitrogen and oxygen atoms in total. The average Bonchev–Trinajstić information content (AvgIpc) is 2.36. The largest absolute Gasteiger partial charge is 0.497 e. The molecule has 6 heteroatoms. The summed E-state index contributed by atoms with van der Waals surface area (Å²) in [6.07, 6.45) is 1.33. The molecule has 3 N–H and O–H groups in total. The number of methoxy groups -OCH3 is 1. The van der Waals surface area contributed by atoms with E-state index in [2.05, 4.69) is 4.98 Å². The quantitative estimate of drug-likeness (QED) is 0.809. The summed E-state index contributed by atoms with van der Waals surface area (Å²) in [5.74, 6) is 0.706. The minimum Gasteiger partial charge on any atom is -0.497 e. The van der Waals surface area contributed by atoms with Gasteiger partial charge in [0.25, 0.3) is 5.56 Å². The van der Waals surface area contributed by atoms with Crippen LogP contribution in [0.5, 0.6) is 5.75 Å². The Balaban J connectivity index is 2.36. The lowest BCUT2D eigenvalue weighted by Gasteiger charge is -2.07. The van der Waals surface area contributed by atoms with Gasteiger partial charge in [-0.3, -0.25) is 14.3 Å². The van der Waals surface area contributed by atoms with Gasteiger partial charge in [-0.15, -0.1) is 0 Å². The smallest absolute Gasteiger partial charge is 0.328 e. The van der Waals surface area contributed by atoms with Crippen molar-refractivity contribution in [1.29, 1.82) is 0 Å². The first-order chi connectivity index (χ1) is 8.60. The Hall–Kier alpha value is -2.50. The van der Waals surface area contributed by atoms with Crippen LogP contribution in [-0.4, -0.2) is 16.7 Å². The van der Waals surface area contributed by atoms with Crippen molar-refractivity contribution in [3.05, 3.63) is 56.9 Å². The zero-order valence-electron chi connectivity index (χ0n) is 9.84. The van der Waals surface area contributed by atoms with Gasteiger partial charge in [0.15, 0.2) is 0 Å². The summed E-state index contributed by atoms with van der Waals surface area (Å²) in [5.41, 5.74) is 5.30. The lowest BCUT2D eigenvalue weighted by atomic mass is 10.2. The van der Waals surface area contributed by atoms with Gasteiger partial charge in [-0.1, -0.05) is 12.1 Å². The third-order valence-corrected chi connectivity index (χ3v) is 2.53. The van der Waals surface area contributed by atoms with Gasteiger partial charge in [0.1, 0.15) is 11.4 Å². The number of hydrogen-bond donors (Lipinski definition) is 2. The lowest BCUT2D eigenvalue weighted by Crippen LogP contribution is -2.31. The molecule has 0 unspecified atom stereocenters. The van der Waals surface area contributed by atoms with E-state index in [1.807, 2.05) is 24.3 Å². The van der Waals surface area contributed by atoms with Crippen molar-refractivity contribution in [2.24, 2.45) is 0 Å². The van der Waals surface area contributed by atoms with E-state index < -0.39 is 11.2 Å². The Kier molecular flexibility index (Phi) is 3.18. The molecule has 0 saturated carbocycles. The van der Waals surface area contributed by atoms with Crippen molar-refractivity contribution in [3.8, 4) is 5.75 Å². The van der Waals surface area contributed by atoms with Crippen LogP contribution in [0, 0.1) is 0 Å². The molecule has 0 aliphatic heterocycles. The molecule has 0 aliphatic rings. The van der Waals surface area contributed by atoms with Crippen LogP contribution >= 0.6 is 0 Å². The maximum Gasteiger partial charge on any atom is 0.328 e. The number of ether oxygens (including phenoxy) is 1. The fourth-order valence-electron chi connectivity index (χ4n) is 1.61. The molecule has 2 rings (SSSR count). The first kappa shape index (κ1) is 12.0. The highest BCUT2D eigenvalue weighted by Crippen LogP contribution is 2.12. The second-order valence-corrected chi connectivity index (χ2v) is 3.82. The molecule has 2 aromatic rings. The van der Waals surface area contributed by atoms with Crippen molar-refractivity contribution in [3.63, 3.8) is 0 Å². The monoisotopic (exact) mass is 247 g/mol. The minimum absolute atomic E-state index is 0.0116. The van der Waals surface area contributed by atoms with E-state index in [1.165, 1.54) is 10.8 Å². The molecular formula is C12H13N3O3. The summed E-state index contributed by atoms with van der Waals surface area (Å²) in [6.45, 7) is 0.316. The standard InChI is InChI=1S/C12H13N3O3/c1-18-9-4-2-3-8(5-9)6-15-7-10(13)11(16)14-12(15)17/h2-5,7H,6,13H2,1H3,(H,14,16,17). The van der Waals surface area contributed by atoms with Crippen LogP contribution in [-0.2, 0) is 6.54 Å². The summed E-state index contributed by atoms with van der Waals surface area (Å²) in [5, 5.41) is 0. The van der Waals surface area contributed by atoms with Crippen LogP contribution in [0.15, 0.2) is 40.1 Å². The first-order valence-electron chi connectivity index (χ1n) is 5.32. The molecule has 18 heavy (non-hydrogen) atoms. The molecular weight excluding hydrogens is 234 g/mol. The molecule has 0 radical (unpaired) electrons. The second kappa shape index (κ2) is 4.79. The summed E-state index contributed by atoms with van der Waals surface area (Å²) >= 11 is 0. The Morgan fingerprint density at radius 2 is 2.17 bits per heavy atom. The van der Waals surface area contributed by atoms with E-state index in [9.17, 15) is 9.59 Å². The van der Waals surface area contributed by atoms with E-state index in [4.69, 9.17) is 10.5 Å². The van der Waals surface area contributed by atoms with Gasteiger partial charge in [-0.25, -0.2) is 4.79 Å². The van der Waals surface area contributed by atoms with Crippen molar-refractivity contribution < 1.29 is 4.74 Å². The van der Waals surface area contributed by atoms with Gasteiger partial charge in [-0.2, -0.15) is 0 Å². The number of anilines is 1. The third-order valence-electron chi connectivity index (χ3n) is 2.53. The molecule has 0 amide bonds. The minimum atomic E-state index is -0.568. The van der Waals surface area contributed by atoms with Gasteiger partial charge < -0.3 is 10.5 Å². The summed E-state index contributed by atoms with van der Waals surface area (Å²) in [7, 11) is 1.57. The third kappa shape index (κ3) is 2.42. The molecule has 0 atom stereocenters. The molecule has 0 bridgehead atoms. The molecule has 0 fully saturated rings. The molecule has 1 aromatic carbocycles. The number of aromatic amines is 1. The van der Waals surface area contributed by atoms with Gasteiger partial charge in [-0.05, 0) is 17.7 Å². The predicted octanol–water partition coefficient (Wildman–Crippen LogP) is 0.176. The maximum absolute atomic E-state index is 11.6. The normalized spacial score (nSPS) is 10.3. The van der Waals surface area contributed by atoms with Crippen LogP contribution in [0.4, 0.5) is 5.69 Å². The molecule has 1 aromatic heterocycles. The highest BCUT2D eigenvalue weighted by molar-refractivity contribution is 5.32. The Bertz CT molecular complexity index is 673. The number of aromatic nitrogens is 2. The lowest BCUT2D eigenvalue weighted by molar-refractivity contribution is 0.414. The number of benzene rings is 1. The maximum atomic E-state index is 11.6. The number of H-pyrrole nitrogens is 1. The first-order valence-corrected chi connectivity index (χ1v) is 5.32. The molecule has 0 saturated heterocycles.